The third-order valence-corrected chi connectivity index (χ3v) is 5.34. The van der Waals surface area contributed by atoms with Crippen molar-refractivity contribution < 1.29 is 9.32 Å². The smallest absolute Gasteiger partial charge is 0.257 e. The minimum absolute atomic E-state index is 0.0189. The van der Waals surface area contributed by atoms with E-state index in [-0.39, 0.29) is 11.8 Å². The maximum Gasteiger partial charge on any atom is 0.257 e. The Kier molecular flexibility index (Phi) is 5.92. The summed E-state index contributed by atoms with van der Waals surface area (Å²) in [7, 11) is 0. The lowest BCUT2D eigenvalue weighted by atomic mass is 9.97. The van der Waals surface area contributed by atoms with Gasteiger partial charge in [0, 0.05) is 22.8 Å². The van der Waals surface area contributed by atoms with Crippen LogP contribution in [0.1, 0.15) is 24.2 Å². The van der Waals surface area contributed by atoms with Gasteiger partial charge in [-0.15, -0.1) is 0 Å². The SMILES string of the molecule is Cc1ccc(-c2nc(CN3CCC[C@H](C(=O)Nc4cccc(Cl)c4)C3)no2)cc1. The molecule has 1 aliphatic heterocycles. The van der Waals surface area contributed by atoms with E-state index in [2.05, 4.69) is 20.4 Å². The Bertz CT molecular complexity index is 986. The van der Waals surface area contributed by atoms with Gasteiger partial charge in [0.05, 0.1) is 12.5 Å². The molecular formula is C22H23ClN4O2. The van der Waals surface area contributed by atoms with Crippen molar-refractivity contribution in [3.63, 3.8) is 0 Å². The third kappa shape index (κ3) is 5.02. The van der Waals surface area contributed by atoms with Crippen molar-refractivity contribution in [3.05, 3.63) is 64.9 Å². The van der Waals surface area contributed by atoms with Crippen LogP contribution in [0.25, 0.3) is 11.5 Å². The Morgan fingerprint density at radius 1 is 1.28 bits per heavy atom. The molecule has 0 saturated carbocycles. The van der Waals surface area contributed by atoms with Crippen molar-refractivity contribution in [3.8, 4) is 11.5 Å². The number of rotatable bonds is 5. The summed E-state index contributed by atoms with van der Waals surface area (Å²) in [6.07, 6.45) is 1.82. The summed E-state index contributed by atoms with van der Waals surface area (Å²) in [6, 6.07) is 15.2. The van der Waals surface area contributed by atoms with Gasteiger partial charge in [-0.1, -0.05) is 40.5 Å². The van der Waals surface area contributed by atoms with Crippen molar-refractivity contribution in [2.24, 2.45) is 5.92 Å². The second-order valence-corrected chi connectivity index (χ2v) is 7.89. The predicted molar refractivity (Wildman–Crippen MR) is 113 cm³/mol. The van der Waals surface area contributed by atoms with E-state index >= 15 is 0 Å². The fraction of sp³-hybridized carbons (Fsp3) is 0.318. The summed E-state index contributed by atoms with van der Waals surface area (Å²) in [5.41, 5.74) is 2.82. The van der Waals surface area contributed by atoms with Crippen LogP contribution in [0.4, 0.5) is 5.69 Å². The van der Waals surface area contributed by atoms with Crippen LogP contribution in [-0.2, 0) is 11.3 Å². The topological polar surface area (TPSA) is 71.3 Å². The van der Waals surface area contributed by atoms with Gasteiger partial charge in [0.2, 0.25) is 5.91 Å². The number of benzene rings is 2. The molecule has 2 aromatic carbocycles. The first kappa shape index (κ1) is 19.6. The van der Waals surface area contributed by atoms with Crippen LogP contribution in [0.15, 0.2) is 53.1 Å². The number of nitrogens with zero attached hydrogens (tertiary/aromatic N) is 3. The lowest BCUT2D eigenvalue weighted by molar-refractivity contribution is -0.121. The van der Waals surface area contributed by atoms with Crippen LogP contribution in [-0.4, -0.2) is 34.0 Å². The molecule has 6 nitrogen and oxygen atoms in total. The Morgan fingerprint density at radius 2 is 2.10 bits per heavy atom. The molecular weight excluding hydrogens is 388 g/mol. The average molecular weight is 411 g/mol. The normalized spacial score (nSPS) is 17.2. The second-order valence-electron chi connectivity index (χ2n) is 7.46. The zero-order valence-corrected chi connectivity index (χ0v) is 17.0. The average Bonchev–Trinajstić information content (AvgIpc) is 3.17. The minimum atomic E-state index is -0.0776. The fourth-order valence-electron chi connectivity index (χ4n) is 3.56. The molecule has 0 bridgehead atoms. The van der Waals surface area contributed by atoms with Crippen molar-refractivity contribution in [1.82, 2.24) is 15.0 Å². The summed E-state index contributed by atoms with van der Waals surface area (Å²) < 4.78 is 5.42. The summed E-state index contributed by atoms with van der Waals surface area (Å²) in [4.78, 5) is 19.4. The molecule has 150 valence electrons. The largest absolute Gasteiger partial charge is 0.334 e. The highest BCUT2D eigenvalue weighted by molar-refractivity contribution is 6.30. The molecule has 1 amide bonds. The van der Waals surface area contributed by atoms with E-state index in [9.17, 15) is 4.79 Å². The second kappa shape index (κ2) is 8.76. The van der Waals surface area contributed by atoms with Gasteiger partial charge >= 0.3 is 0 Å². The molecule has 1 atom stereocenters. The van der Waals surface area contributed by atoms with Crippen LogP contribution >= 0.6 is 11.6 Å². The molecule has 29 heavy (non-hydrogen) atoms. The molecule has 4 rings (SSSR count). The molecule has 7 heteroatoms. The Balaban J connectivity index is 1.36. The quantitative estimate of drug-likeness (QED) is 0.668. The third-order valence-electron chi connectivity index (χ3n) is 5.10. The molecule has 1 N–H and O–H groups in total. The molecule has 0 radical (unpaired) electrons. The maximum atomic E-state index is 12.7. The van der Waals surface area contributed by atoms with Crippen LogP contribution in [0.2, 0.25) is 5.02 Å². The number of hydrogen-bond donors (Lipinski definition) is 1. The number of carbonyl (C=O) groups is 1. The maximum absolute atomic E-state index is 12.7. The molecule has 0 unspecified atom stereocenters. The van der Waals surface area contributed by atoms with E-state index in [1.54, 1.807) is 12.1 Å². The highest BCUT2D eigenvalue weighted by atomic mass is 35.5. The highest BCUT2D eigenvalue weighted by Crippen LogP contribution is 2.22. The minimum Gasteiger partial charge on any atom is -0.334 e. The van der Waals surface area contributed by atoms with Gasteiger partial charge in [0.15, 0.2) is 5.82 Å². The van der Waals surface area contributed by atoms with Crippen LogP contribution < -0.4 is 5.32 Å². The first-order valence-corrected chi connectivity index (χ1v) is 10.1. The number of anilines is 1. The van der Waals surface area contributed by atoms with E-state index in [0.717, 1.165) is 30.6 Å². The van der Waals surface area contributed by atoms with Crippen molar-refractivity contribution in [2.75, 3.05) is 18.4 Å². The van der Waals surface area contributed by atoms with Crippen LogP contribution in [0, 0.1) is 12.8 Å². The molecule has 1 fully saturated rings. The summed E-state index contributed by atoms with van der Waals surface area (Å²) in [6.45, 7) is 4.19. The Morgan fingerprint density at radius 3 is 2.90 bits per heavy atom. The zero-order valence-electron chi connectivity index (χ0n) is 16.3. The summed E-state index contributed by atoms with van der Waals surface area (Å²) in [5, 5.41) is 7.69. The standard InChI is InChI=1S/C22H23ClN4O2/c1-15-7-9-16(10-8-15)22-25-20(26-29-22)14-27-11-3-4-17(13-27)21(28)24-19-6-2-5-18(23)12-19/h2,5-10,12,17H,3-4,11,13-14H2,1H3,(H,24,28)/t17-/m0/s1. The Hall–Kier alpha value is -2.70. The number of halogens is 1. The van der Waals surface area contributed by atoms with E-state index < -0.39 is 0 Å². The van der Waals surface area contributed by atoms with Gasteiger partial charge in [0.25, 0.3) is 5.89 Å². The number of hydrogen-bond acceptors (Lipinski definition) is 5. The molecule has 0 spiro atoms. The van der Waals surface area contributed by atoms with Crippen molar-refractivity contribution in [2.45, 2.75) is 26.3 Å². The fourth-order valence-corrected chi connectivity index (χ4v) is 3.75. The van der Waals surface area contributed by atoms with Gasteiger partial charge in [0.1, 0.15) is 0 Å². The van der Waals surface area contributed by atoms with Crippen LogP contribution in [0.3, 0.4) is 0 Å². The van der Waals surface area contributed by atoms with E-state index in [1.807, 2.05) is 43.3 Å². The lowest BCUT2D eigenvalue weighted by Crippen LogP contribution is -2.40. The number of piperidine rings is 1. The molecule has 2 heterocycles. The number of amides is 1. The molecule has 0 aliphatic carbocycles. The molecule has 3 aromatic rings. The van der Waals surface area contributed by atoms with E-state index in [4.69, 9.17) is 16.1 Å². The van der Waals surface area contributed by atoms with Gasteiger partial charge in [-0.05, 0) is 56.6 Å². The first-order valence-electron chi connectivity index (χ1n) is 9.75. The molecule has 1 saturated heterocycles. The van der Waals surface area contributed by atoms with Gasteiger partial charge in [-0.25, -0.2) is 0 Å². The predicted octanol–water partition coefficient (Wildman–Crippen LogP) is 4.55. The number of aromatic nitrogens is 2. The lowest BCUT2D eigenvalue weighted by Gasteiger charge is -2.31. The number of likely N-dealkylation sites (tertiary alicyclic amines) is 1. The monoisotopic (exact) mass is 410 g/mol. The first-order chi connectivity index (χ1) is 14.1. The van der Waals surface area contributed by atoms with E-state index in [0.29, 0.717) is 29.8 Å². The molecule has 1 aliphatic rings. The van der Waals surface area contributed by atoms with Gasteiger partial charge < -0.3 is 9.84 Å². The number of nitrogens with one attached hydrogen (secondary N) is 1. The van der Waals surface area contributed by atoms with Crippen LogP contribution in [0.5, 0.6) is 0 Å². The molecule has 1 aromatic heterocycles. The Labute approximate surface area is 174 Å². The van der Waals surface area contributed by atoms with E-state index in [1.165, 1.54) is 5.56 Å². The summed E-state index contributed by atoms with van der Waals surface area (Å²) in [5.74, 6) is 1.10. The highest BCUT2D eigenvalue weighted by Gasteiger charge is 2.27. The van der Waals surface area contributed by atoms with Crippen molar-refractivity contribution >= 4 is 23.2 Å². The zero-order chi connectivity index (χ0) is 20.2. The number of carbonyl (C=O) groups excluding carboxylic acids is 1. The van der Waals surface area contributed by atoms with Gasteiger partial charge in [-0.3, -0.25) is 9.69 Å². The summed E-state index contributed by atoms with van der Waals surface area (Å²) >= 11 is 6.00. The number of aryl methyl sites for hydroxylation is 1. The van der Waals surface area contributed by atoms with Crippen molar-refractivity contribution in [1.29, 1.82) is 0 Å². The van der Waals surface area contributed by atoms with Gasteiger partial charge in [-0.2, -0.15) is 4.98 Å².